The standard InChI is InChI=1S/C20H22N6O2S/c27-19(17-5-4-16(29-17)15-3-1-2-7-21-15)24-18-6-8-22-20(25-18)23-9-10-26-11-13-28-14-12-26/h1-8H,9-14H2,(H2,22,23,24,25,27). The number of nitrogens with zero attached hydrogens (tertiary/aromatic N) is 4. The molecule has 2 N–H and O–H groups in total. The molecule has 1 amide bonds. The third-order valence-corrected chi connectivity index (χ3v) is 5.57. The van der Waals surface area contributed by atoms with Crippen LogP contribution in [0, 0.1) is 0 Å². The van der Waals surface area contributed by atoms with E-state index >= 15 is 0 Å². The molecule has 1 saturated heterocycles. The Labute approximate surface area is 173 Å². The largest absolute Gasteiger partial charge is 0.379 e. The molecule has 4 heterocycles. The van der Waals surface area contributed by atoms with Crippen LogP contribution in [0.15, 0.2) is 48.8 Å². The van der Waals surface area contributed by atoms with Gasteiger partial charge in [-0.1, -0.05) is 6.07 Å². The summed E-state index contributed by atoms with van der Waals surface area (Å²) in [6, 6.07) is 11.1. The number of pyridine rings is 1. The summed E-state index contributed by atoms with van der Waals surface area (Å²) >= 11 is 1.40. The normalized spacial score (nSPS) is 14.5. The summed E-state index contributed by atoms with van der Waals surface area (Å²) in [6.07, 6.45) is 3.37. The number of carbonyl (C=O) groups is 1. The number of amides is 1. The van der Waals surface area contributed by atoms with Gasteiger partial charge in [-0.3, -0.25) is 14.7 Å². The second kappa shape index (κ2) is 9.55. The van der Waals surface area contributed by atoms with E-state index < -0.39 is 0 Å². The highest BCUT2D eigenvalue weighted by molar-refractivity contribution is 7.17. The van der Waals surface area contributed by atoms with Gasteiger partial charge in [0.05, 0.1) is 28.7 Å². The zero-order valence-electron chi connectivity index (χ0n) is 15.9. The number of rotatable bonds is 7. The molecule has 1 aliphatic heterocycles. The molecular formula is C20H22N6O2S. The van der Waals surface area contributed by atoms with Crippen molar-refractivity contribution in [2.24, 2.45) is 0 Å². The Bertz CT molecular complexity index is 943. The van der Waals surface area contributed by atoms with Crippen molar-refractivity contribution < 1.29 is 9.53 Å². The molecule has 0 unspecified atom stereocenters. The summed E-state index contributed by atoms with van der Waals surface area (Å²) in [5.41, 5.74) is 0.852. The average Bonchev–Trinajstić information content (AvgIpc) is 3.26. The van der Waals surface area contributed by atoms with Crippen molar-refractivity contribution in [3.05, 3.63) is 53.7 Å². The van der Waals surface area contributed by atoms with Crippen molar-refractivity contribution in [2.75, 3.05) is 50.0 Å². The fraction of sp³-hybridized carbons (Fsp3) is 0.300. The molecule has 0 spiro atoms. The van der Waals surface area contributed by atoms with Crippen LogP contribution in [0.25, 0.3) is 10.6 Å². The van der Waals surface area contributed by atoms with Gasteiger partial charge >= 0.3 is 0 Å². The van der Waals surface area contributed by atoms with E-state index in [0.717, 1.165) is 50.0 Å². The second-order valence-electron chi connectivity index (χ2n) is 6.48. The van der Waals surface area contributed by atoms with E-state index in [9.17, 15) is 4.79 Å². The third kappa shape index (κ3) is 5.35. The topological polar surface area (TPSA) is 92.3 Å². The van der Waals surface area contributed by atoms with Crippen molar-refractivity contribution in [1.82, 2.24) is 19.9 Å². The summed E-state index contributed by atoms with van der Waals surface area (Å²) in [5.74, 6) is 0.762. The summed E-state index contributed by atoms with van der Waals surface area (Å²) in [5, 5.41) is 6.05. The smallest absolute Gasteiger partial charge is 0.266 e. The molecule has 150 valence electrons. The monoisotopic (exact) mass is 410 g/mol. The molecule has 0 aliphatic carbocycles. The van der Waals surface area contributed by atoms with Gasteiger partial charge in [0.2, 0.25) is 5.95 Å². The maximum atomic E-state index is 12.6. The van der Waals surface area contributed by atoms with Gasteiger partial charge in [-0.05, 0) is 30.3 Å². The van der Waals surface area contributed by atoms with E-state index in [1.54, 1.807) is 24.5 Å². The SMILES string of the molecule is O=C(Nc1ccnc(NCCN2CCOCC2)n1)c1ccc(-c2ccccn2)s1. The first kappa shape index (κ1) is 19.4. The highest BCUT2D eigenvalue weighted by Gasteiger charge is 2.13. The minimum absolute atomic E-state index is 0.199. The molecule has 0 radical (unpaired) electrons. The van der Waals surface area contributed by atoms with E-state index in [0.29, 0.717) is 16.6 Å². The number of nitrogens with one attached hydrogen (secondary N) is 2. The number of hydrogen-bond acceptors (Lipinski definition) is 8. The van der Waals surface area contributed by atoms with Gasteiger partial charge in [0.25, 0.3) is 5.91 Å². The summed E-state index contributed by atoms with van der Waals surface area (Å²) in [6.45, 7) is 5.08. The highest BCUT2D eigenvalue weighted by atomic mass is 32.1. The minimum Gasteiger partial charge on any atom is -0.379 e. The molecule has 3 aromatic rings. The molecule has 3 aromatic heterocycles. The number of morpholine rings is 1. The molecule has 0 atom stereocenters. The Morgan fingerprint density at radius 3 is 2.83 bits per heavy atom. The van der Waals surface area contributed by atoms with E-state index in [2.05, 4.69) is 30.5 Å². The Morgan fingerprint density at radius 2 is 2.00 bits per heavy atom. The first-order valence-electron chi connectivity index (χ1n) is 9.47. The fourth-order valence-corrected chi connectivity index (χ4v) is 3.83. The second-order valence-corrected chi connectivity index (χ2v) is 7.56. The molecule has 29 heavy (non-hydrogen) atoms. The molecule has 0 bridgehead atoms. The number of anilines is 2. The zero-order valence-corrected chi connectivity index (χ0v) is 16.7. The summed E-state index contributed by atoms with van der Waals surface area (Å²) in [7, 11) is 0. The highest BCUT2D eigenvalue weighted by Crippen LogP contribution is 2.26. The van der Waals surface area contributed by atoms with Crippen LogP contribution >= 0.6 is 11.3 Å². The third-order valence-electron chi connectivity index (χ3n) is 4.46. The first-order chi connectivity index (χ1) is 14.3. The van der Waals surface area contributed by atoms with Crippen molar-refractivity contribution in [3.63, 3.8) is 0 Å². The van der Waals surface area contributed by atoms with E-state index in [4.69, 9.17) is 4.74 Å². The van der Waals surface area contributed by atoms with Gasteiger partial charge in [-0.25, -0.2) is 4.98 Å². The lowest BCUT2D eigenvalue weighted by molar-refractivity contribution is 0.0398. The molecule has 8 nitrogen and oxygen atoms in total. The number of ether oxygens (including phenoxy) is 1. The minimum atomic E-state index is -0.199. The van der Waals surface area contributed by atoms with Gasteiger partial charge in [0, 0.05) is 38.6 Å². The average molecular weight is 411 g/mol. The molecule has 0 saturated carbocycles. The summed E-state index contributed by atoms with van der Waals surface area (Å²) in [4.78, 5) is 29.4. The lowest BCUT2D eigenvalue weighted by Crippen LogP contribution is -2.39. The predicted octanol–water partition coefficient (Wildman–Crippen LogP) is 2.60. The first-order valence-corrected chi connectivity index (χ1v) is 10.3. The Morgan fingerprint density at radius 1 is 1.10 bits per heavy atom. The Kier molecular flexibility index (Phi) is 6.40. The number of hydrogen-bond donors (Lipinski definition) is 2. The van der Waals surface area contributed by atoms with Crippen molar-refractivity contribution >= 4 is 29.0 Å². The van der Waals surface area contributed by atoms with Crippen molar-refractivity contribution in [3.8, 4) is 10.6 Å². The number of thiophene rings is 1. The lowest BCUT2D eigenvalue weighted by Gasteiger charge is -2.26. The lowest BCUT2D eigenvalue weighted by atomic mass is 10.3. The van der Waals surface area contributed by atoms with Gasteiger partial charge < -0.3 is 15.4 Å². The van der Waals surface area contributed by atoms with Crippen LogP contribution in [0.4, 0.5) is 11.8 Å². The van der Waals surface area contributed by atoms with Crippen molar-refractivity contribution in [1.29, 1.82) is 0 Å². The maximum absolute atomic E-state index is 12.6. The maximum Gasteiger partial charge on any atom is 0.266 e. The van der Waals surface area contributed by atoms with Gasteiger partial charge in [-0.15, -0.1) is 11.3 Å². The van der Waals surface area contributed by atoms with Crippen LogP contribution in [-0.2, 0) is 4.74 Å². The van der Waals surface area contributed by atoms with Gasteiger partial charge in [-0.2, -0.15) is 4.98 Å². The molecule has 9 heteroatoms. The van der Waals surface area contributed by atoms with Crippen LogP contribution < -0.4 is 10.6 Å². The Balaban J connectivity index is 1.32. The van der Waals surface area contributed by atoms with Gasteiger partial charge in [0.1, 0.15) is 5.82 Å². The van der Waals surface area contributed by atoms with E-state index in [1.165, 1.54) is 11.3 Å². The quantitative estimate of drug-likeness (QED) is 0.618. The molecule has 1 aliphatic rings. The van der Waals surface area contributed by atoms with Crippen LogP contribution in [-0.4, -0.2) is 65.2 Å². The van der Waals surface area contributed by atoms with E-state index in [1.807, 2.05) is 24.3 Å². The predicted molar refractivity (Wildman–Crippen MR) is 113 cm³/mol. The van der Waals surface area contributed by atoms with Crippen LogP contribution in [0.1, 0.15) is 9.67 Å². The molecule has 4 rings (SSSR count). The number of carbonyl (C=O) groups excluding carboxylic acids is 1. The molecule has 0 aromatic carbocycles. The van der Waals surface area contributed by atoms with Crippen molar-refractivity contribution in [2.45, 2.75) is 0 Å². The fourth-order valence-electron chi connectivity index (χ4n) is 2.95. The summed E-state index contributed by atoms with van der Waals surface area (Å²) < 4.78 is 5.35. The number of aromatic nitrogens is 3. The van der Waals surface area contributed by atoms with Gasteiger partial charge in [0.15, 0.2) is 0 Å². The van der Waals surface area contributed by atoms with Crippen LogP contribution in [0.3, 0.4) is 0 Å². The molecular weight excluding hydrogens is 388 g/mol. The Hall–Kier alpha value is -2.88. The zero-order chi connectivity index (χ0) is 19.9. The van der Waals surface area contributed by atoms with E-state index in [-0.39, 0.29) is 5.91 Å². The molecule has 1 fully saturated rings. The van der Waals surface area contributed by atoms with Crippen LogP contribution in [0.5, 0.6) is 0 Å². The van der Waals surface area contributed by atoms with Crippen LogP contribution in [0.2, 0.25) is 0 Å².